The van der Waals surface area contributed by atoms with Crippen molar-refractivity contribution in [3.8, 4) is 0 Å². The highest BCUT2D eigenvalue weighted by Gasteiger charge is 2.27. The Labute approximate surface area is 189 Å². The SMILES string of the molecule is CC(Sc1ccc(S(=O)(=O)N2CCN(C)CC2)cn1)C(=O)Nc1ccc2[nH]c(=O)[nH]c2c1. The third-order valence-electron chi connectivity index (χ3n) is 5.26. The maximum absolute atomic E-state index is 12.8. The molecule has 3 heterocycles. The number of likely N-dealkylation sites (N-methyl/N-ethyl adjacent to an activating group) is 1. The minimum absolute atomic E-state index is 0.150. The molecule has 32 heavy (non-hydrogen) atoms. The largest absolute Gasteiger partial charge is 0.325 e. The number of sulfonamides is 1. The number of anilines is 1. The van der Waals surface area contributed by atoms with Gasteiger partial charge in [-0.25, -0.2) is 18.2 Å². The van der Waals surface area contributed by atoms with Gasteiger partial charge in [0.05, 0.1) is 21.3 Å². The third kappa shape index (κ3) is 4.88. The number of hydrogen-bond acceptors (Lipinski definition) is 7. The number of amides is 1. The maximum Gasteiger partial charge on any atom is 0.323 e. The number of hydrogen-bond donors (Lipinski definition) is 3. The fraction of sp³-hybridized carbons (Fsp3) is 0.350. The Balaban J connectivity index is 1.38. The quantitative estimate of drug-likeness (QED) is 0.457. The van der Waals surface area contributed by atoms with Crippen molar-refractivity contribution in [3.05, 3.63) is 47.0 Å². The zero-order chi connectivity index (χ0) is 22.9. The molecule has 1 unspecified atom stereocenters. The molecule has 3 N–H and O–H groups in total. The Hall–Kier alpha value is -2.67. The van der Waals surface area contributed by atoms with Crippen LogP contribution in [0.5, 0.6) is 0 Å². The highest BCUT2D eigenvalue weighted by atomic mass is 32.2. The zero-order valence-electron chi connectivity index (χ0n) is 17.7. The van der Waals surface area contributed by atoms with Crippen molar-refractivity contribution in [2.24, 2.45) is 0 Å². The van der Waals surface area contributed by atoms with Crippen LogP contribution in [0.15, 0.2) is 51.2 Å². The van der Waals surface area contributed by atoms with Gasteiger partial charge in [-0.05, 0) is 44.3 Å². The van der Waals surface area contributed by atoms with Gasteiger partial charge >= 0.3 is 5.69 Å². The summed E-state index contributed by atoms with van der Waals surface area (Å²) in [5.41, 5.74) is 1.52. The summed E-state index contributed by atoms with van der Waals surface area (Å²) in [6, 6.07) is 8.25. The lowest BCUT2D eigenvalue weighted by molar-refractivity contribution is -0.115. The van der Waals surface area contributed by atoms with Crippen LogP contribution < -0.4 is 11.0 Å². The van der Waals surface area contributed by atoms with Crippen molar-refractivity contribution in [3.63, 3.8) is 0 Å². The molecule has 0 saturated carbocycles. The van der Waals surface area contributed by atoms with Gasteiger partial charge in [-0.1, -0.05) is 11.8 Å². The van der Waals surface area contributed by atoms with Crippen LogP contribution in [-0.4, -0.2) is 77.0 Å². The second-order valence-electron chi connectivity index (χ2n) is 7.63. The number of nitrogens with one attached hydrogen (secondary N) is 3. The average Bonchev–Trinajstić information content (AvgIpc) is 3.13. The summed E-state index contributed by atoms with van der Waals surface area (Å²) in [6.07, 6.45) is 1.34. The molecular weight excluding hydrogens is 452 g/mol. The van der Waals surface area contributed by atoms with Gasteiger partial charge < -0.3 is 20.2 Å². The fourth-order valence-electron chi connectivity index (χ4n) is 3.36. The van der Waals surface area contributed by atoms with E-state index in [4.69, 9.17) is 0 Å². The summed E-state index contributed by atoms with van der Waals surface area (Å²) in [5.74, 6) is -0.233. The Kier molecular flexibility index (Phi) is 6.38. The van der Waals surface area contributed by atoms with E-state index in [1.165, 1.54) is 28.3 Å². The Morgan fingerprint density at radius 1 is 1.12 bits per heavy atom. The van der Waals surface area contributed by atoms with Gasteiger partial charge in [-0.15, -0.1) is 0 Å². The van der Waals surface area contributed by atoms with Gasteiger partial charge in [-0.2, -0.15) is 4.31 Å². The first kappa shape index (κ1) is 22.5. The van der Waals surface area contributed by atoms with Crippen LogP contribution in [0.25, 0.3) is 11.0 Å². The lowest BCUT2D eigenvalue weighted by atomic mass is 10.2. The first-order valence-electron chi connectivity index (χ1n) is 10.1. The number of nitrogens with zero attached hydrogens (tertiary/aromatic N) is 3. The van der Waals surface area contributed by atoms with Gasteiger partial charge in [0.15, 0.2) is 0 Å². The van der Waals surface area contributed by atoms with Gasteiger partial charge in [0.1, 0.15) is 4.90 Å². The molecule has 10 nitrogen and oxygen atoms in total. The van der Waals surface area contributed by atoms with Crippen molar-refractivity contribution >= 4 is 44.4 Å². The molecule has 4 rings (SSSR count). The smallest absolute Gasteiger partial charge is 0.323 e. The van der Waals surface area contributed by atoms with Gasteiger partial charge in [-0.3, -0.25) is 4.79 Å². The molecule has 12 heteroatoms. The minimum atomic E-state index is -3.58. The number of thioether (sulfide) groups is 1. The number of aromatic nitrogens is 3. The van der Waals surface area contributed by atoms with Crippen molar-refractivity contribution in [1.82, 2.24) is 24.2 Å². The summed E-state index contributed by atoms with van der Waals surface area (Å²) in [4.78, 5) is 35.7. The summed E-state index contributed by atoms with van der Waals surface area (Å²) < 4.78 is 27.1. The monoisotopic (exact) mass is 476 g/mol. The molecular formula is C20H24N6O4S2. The van der Waals surface area contributed by atoms with Crippen LogP contribution >= 0.6 is 11.8 Å². The van der Waals surface area contributed by atoms with Gasteiger partial charge in [0.25, 0.3) is 0 Å². The molecule has 0 bridgehead atoms. The van der Waals surface area contributed by atoms with Crippen LogP contribution in [0.3, 0.4) is 0 Å². The highest BCUT2D eigenvalue weighted by molar-refractivity contribution is 8.00. The molecule has 1 aliphatic heterocycles. The lowest BCUT2D eigenvalue weighted by Crippen LogP contribution is -2.47. The van der Waals surface area contributed by atoms with Crippen LogP contribution in [0.2, 0.25) is 0 Å². The number of fused-ring (bicyclic) bond motifs is 1. The van der Waals surface area contributed by atoms with Crippen LogP contribution in [0, 0.1) is 0 Å². The molecule has 1 atom stereocenters. The molecule has 1 amide bonds. The predicted octanol–water partition coefficient (Wildman–Crippen LogP) is 1.31. The second-order valence-corrected chi connectivity index (χ2v) is 10.9. The topological polar surface area (TPSA) is 131 Å². The van der Waals surface area contributed by atoms with E-state index in [1.54, 1.807) is 31.2 Å². The number of rotatable bonds is 6. The Bertz CT molecular complexity index is 1280. The molecule has 170 valence electrons. The Morgan fingerprint density at radius 3 is 2.53 bits per heavy atom. The van der Waals surface area contributed by atoms with E-state index >= 15 is 0 Å². The van der Waals surface area contributed by atoms with E-state index in [0.717, 1.165) is 0 Å². The normalized spacial score (nSPS) is 16.8. The van der Waals surface area contributed by atoms with Crippen molar-refractivity contribution < 1.29 is 13.2 Å². The number of piperazine rings is 1. The Morgan fingerprint density at radius 2 is 1.84 bits per heavy atom. The van der Waals surface area contributed by atoms with E-state index in [1.807, 2.05) is 7.05 Å². The van der Waals surface area contributed by atoms with Gasteiger partial charge in [0, 0.05) is 38.1 Å². The molecule has 2 aromatic heterocycles. The minimum Gasteiger partial charge on any atom is -0.325 e. The van der Waals surface area contributed by atoms with Crippen molar-refractivity contribution in [2.75, 3.05) is 38.5 Å². The molecule has 1 fully saturated rings. The van der Waals surface area contributed by atoms with E-state index < -0.39 is 15.3 Å². The van der Waals surface area contributed by atoms with Gasteiger partial charge in [0.2, 0.25) is 15.9 Å². The molecule has 1 saturated heterocycles. The number of carbonyl (C=O) groups excluding carboxylic acids is 1. The standard InChI is InChI=1S/C20H24N6O4S2/c1-13(19(27)22-14-3-5-16-17(11-14)24-20(28)23-16)31-18-6-4-15(12-21-18)32(29,30)26-9-7-25(2)8-10-26/h3-6,11-13H,7-10H2,1-2H3,(H,22,27)(H2,23,24,28). The van der Waals surface area contributed by atoms with Crippen LogP contribution in [0.4, 0.5) is 5.69 Å². The lowest BCUT2D eigenvalue weighted by Gasteiger charge is -2.31. The van der Waals surface area contributed by atoms with E-state index in [-0.39, 0.29) is 16.5 Å². The third-order valence-corrected chi connectivity index (χ3v) is 8.19. The second kappa shape index (κ2) is 9.06. The van der Waals surface area contributed by atoms with Crippen molar-refractivity contribution in [1.29, 1.82) is 0 Å². The molecule has 3 aromatic rings. The summed E-state index contributed by atoms with van der Waals surface area (Å²) in [6.45, 7) is 4.04. The number of imidazole rings is 1. The summed E-state index contributed by atoms with van der Waals surface area (Å²) in [5, 5.41) is 2.90. The summed E-state index contributed by atoms with van der Waals surface area (Å²) >= 11 is 1.23. The molecule has 1 aliphatic rings. The maximum atomic E-state index is 12.8. The highest BCUT2D eigenvalue weighted by Crippen LogP contribution is 2.25. The number of H-pyrrole nitrogens is 2. The number of aromatic amines is 2. The van der Waals surface area contributed by atoms with E-state index in [0.29, 0.717) is 47.9 Å². The first-order valence-corrected chi connectivity index (χ1v) is 12.4. The molecule has 0 spiro atoms. The summed E-state index contributed by atoms with van der Waals surface area (Å²) in [7, 11) is -1.61. The fourth-order valence-corrected chi connectivity index (χ4v) is 5.51. The predicted molar refractivity (Wildman–Crippen MR) is 123 cm³/mol. The molecule has 0 aliphatic carbocycles. The molecule has 0 radical (unpaired) electrons. The van der Waals surface area contributed by atoms with Crippen LogP contribution in [0.1, 0.15) is 6.92 Å². The number of pyridine rings is 1. The van der Waals surface area contributed by atoms with Crippen molar-refractivity contribution in [2.45, 2.75) is 22.1 Å². The molecule has 1 aromatic carbocycles. The van der Waals surface area contributed by atoms with Crippen LogP contribution in [-0.2, 0) is 14.8 Å². The first-order chi connectivity index (χ1) is 15.2. The van der Waals surface area contributed by atoms with E-state index in [2.05, 4.69) is 25.2 Å². The number of carbonyl (C=O) groups is 1. The average molecular weight is 477 g/mol. The van der Waals surface area contributed by atoms with E-state index in [9.17, 15) is 18.0 Å². The number of benzene rings is 1. The zero-order valence-corrected chi connectivity index (χ0v) is 19.3.